The van der Waals surface area contributed by atoms with Crippen LogP contribution in [0.2, 0.25) is 0 Å². The molecule has 0 aliphatic carbocycles. The van der Waals surface area contributed by atoms with Crippen molar-refractivity contribution in [2.75, 3.05) is 12.3 Å². The van der Waals surface area contributed by atoms with Crippen LogP contribution in [0.15, 0.2) is 30.3 Å². The molecule has 1 heterocycles. The van der Waals surface area contributed by atoms with Crippen molar-refractivity contribution in [1.82, 2.24) is 5.32 Å². The van der Waals surface area contributed by atoms with Crippen LogP contribution in [-0.2, 0) is 4.79 Å². The molecular formula is C13H17NOS. The van der Waals surface area contributed by atoms with Crippen molar-refractivity contribution < 1.29 is 4.79 Å². The van der Waals surface area contributed by atoms with E-state index in [0.717, 1.165) is 18.7 Å². The molecule has 1 aromatic rings. The molecule has 1 aromatic carbocycles. The standard InChI is InChI=1S/C13H17NOS/c1-10(11-5-3-2-4-6-11)9-16-12-7-8-14-13(12)15/h2-6,10,12H,7-9H2,1H3,(H,14,15)/t10-,12+/m1/s1. The molecule has 1 fully saturated rings. The van der Waals surface area contributed by atoms with Gasteiger partial charge >= 0.3 is 0 Å². The van der Waals surface area contributed by atoms with E-state index in [0.29, 0.717) is 5.92 Å². The number of hydrogen-bond donors (Lipinski definition) is 1. The van der Waals surface area contributed by atoms with E-state index < -0.39 is 0 Å². The zero-order valence-corrected chi connectivity index (χ0v) is 10.3. The van der Waals surface area contributed by atoms with Crippen molar-refractivity contribution in [2.24, 2.45) is 0 Å². The summed E-state index contributed by atoms with van der Waals surface area (Å²) >= 11 is 1.78. The molecule has 0 unspecified atom stereocenters. The minimum absolute atomic E-state index is 0.172. The Balaban J connectivity index is 1.84. The van der Waals surface area contributed by atoms with Crippen molar-refractivity contribution >= 4 is 17.7 Å². The fourth-order valence-corrected chi connectivity index (χ4v) is 3.10. The van der Waals surface area contributed by atoms with Gasteiger partial charge in [-0.2, -0.15) is 0 Å². The largest absolute Gasteiger partial charge is 0.355 e. The average Bonchev–Trinajstić information content (AvgIpc) is 2.73. The molecule has 0 radical (unpaired) electrons. The van der Waals surface area contributed by atoms with Crippen LogP contribution in [0.25, 0.3) is 0 Å². The highest BCUT2D eigenvalue weighted by molar-refractivity contribution is 8.00. The molecule has 1 amide bonds. The molecule has 0 saturated carbocycles. The molecule has 86 valence electrons. The van der Waals surface area contributed by atoms with Crippen LogP contribution in [0.3, 0.4) is 0 Å². The molecule has 0 aromatic heterocycles. The highest BCUT2D eigenvalue weighted by atomic mass is 32.2. The summed E-state index contributed by atoms with van der Waals surface area (Å²) in [5, 5.41) is 3.05. The lowest BCUT2D eigenvalue weighted by molar-refractivity contribution is -0.118. The van der Waals surface area contributed by atoms with Gasteiger partial charge in [0.25, 0.3) is 0 Å². The van der Waals surface area contributed by atoms with Crippen molar-refractivity contribution in [1.29, 1.82) is 0 Å². The van der Waals surface area contributed by atoms with E-state index in [4.69, 9.17) is 0 Å². The van der Waals surface area contributed by atoms with Crippen molar-refractivity contribution in [3.63, 3.8) is 0 Å². The second kappa shape index (κ2) is 5.39. The van der Waals surface area contributed by atoms with Gasteiger partial charge in [-0.3, -0.25) is 4.79 Å². The SMILES string of the molecule is C[C@H](CS[C@H]1CCNC1=O)c1ccccc1. The van der Waals surface area contributed by atoms with E-state index in [2.05, 4.69) is 36.5 Å². The molecule has 1 saturated heterocycles. The second-order valence-corrected chi connectivity index (χ2v) is 5.45. The Hall–Kier alpha value is -0.960. The van der Waals surface area contributed by atoms with Gasteiger partial charge in [0.05, 0.1) is 5.25 Å². The number of hydrogen-bond acceptors (Lipinski definition) is 2. The van der Waals surface area contributed by atoms with Crippen LogP contribution in [0.1, 0.15) is 24.8 Å². The van der Waals surface area contributed by atoms with Crippen molar-refractivity contribution in [3.05, 3.63) is 35.9 Å². The number of rotatable bonds is 4. The first-order chi connectivity index (χ1) is 7.77. The van der Waals surface area contributed by atoms with Gasteiger partial charge < -0.3 is 5.32 Å². The van der Waals surface area contributed by atoms with E-state index in [1.165, 1.54) is 5.56 Å². The summed E-state index contributed by atoms with van der Waals surface area (Å²) in [4.78, 5) is 11.4. The Morgan fingerprint density at radius 1 is 1.44 bits per heavy atom. The zero-order valence-electron chi connectivity index (χ0n) is 9.48. The Kier molecular flexibility index (Phi) is 3.88. The van der Waals surface area contributed by atoms with E-state index in [1.807, 2.05) is 6.07 Å². The number of nitrogens with one attached hydrogen (secondary N) is 1. The Labute approximate surface area is 101 Å². The topological polar surface area (TPSA) is 29.1 Å². The van der Waals surface area contributed by atoms with Gasteiger partial charge in [-0.1, -0.05) is 37.3 Å². The second-order valence-electron chi connectivity index (χ2n) is 4.21. The molecule has 16 heavy (non-hydrogen) atoms. The predicted molar refractivity (Wildman–Crippen MR) is 68.7 cm³/mol. The molecule has 2 rings (SSSR count). The lowest BCUT2D eigenvalue weighted by atomic mass is 10.0. The van der Waals surface area contributed by atoms with Crippen LogP contribution >= 0.6 is 11.8 Å². The van der Waals surface area contributed by atoms with Gasteiger partial charge in [-0.15, -0.1) is 11.8 Å². The Bertz CT molecular complexity index is 352. The molecule has 1 N–H and O–H groups in total. The fourth-order valence-electron chi connectivity index (χ4n) is 1.87. The van der Waals surface area contributed by atoms with E-state index in [1.54, 1.807) is 11.8 Å². The number of benzene rings is 1. The number of carbonyl (C=O) groups excluding carboxylic acids is 1. The van der Waals surface area contributed by atoms with E-state index in [9.17, 15) is 4.79 Å². The summed E-state index contributed by atoms with van der Waals surface area (Å²) in [7, 11) is 0. The molecule has 1 aliphatic heterocycles. The third kappa shape index (κ3) is 2.79. The number of carbonyl (C=O) groups is 1. The van der Waals surface area contributed by atoms with Crippen molar-refractivity contribution in [2.45, 2.75) is 24.5 Å². The third-order valence-corrected chi connectivity index (χ3v) is 4.46. The molecule has 1 aliphatic rings. The van der Waals surface area contributed by atoms with Gasteiger partial charge in [0, 0.05) is 12.3 Å². The minimum Gasteiger partial charge on any atom is -0.355 e. The molecular weight excluding hydrogens is 218 g/mol. The quantitative estimate of drug-likeness (QED) is 0.868. The van der Waals surface area contributed by atoms with Crippen LogP contribution in [0.5, 0.6) is 0 Å². The average molecular weight is 235 g/mol. The highest BCUT2D eigenvalue weighted by Gasteiger charge is 2.24. The van der Waals surface area contributed by atoms with Crippen LogP contribution in [0.4, 0.5) is 0 Å². The summed E-state index contributed by atoms with van der Waals surface area (Å²) in [6.07, 6.45) is 0.977. The lowest BCUT2D eigenvalue weighted by Gasteiger charge is -2.13. The van der Waals surface area contributed by atoms with Crippen molar-refractivity contribution in [3.8, 4) is 0 Å². The fraction of sp³-hybridized carbons (Fsp3) is 0.462. The maximum absolute atomic E-state index is 11.4. The maximum atomic E-state index is 11.4. The lowest BCUT2D eigenvalue weighted by Crippen LogP contribution is -2.21. The normalized spacial score (nSPS) is 21.8. The molecule has 0 spiro atoms. The summed E-state index contributed by atoms with van der Waals surface area (Å²) in [5.74, 6) is 1.74. The number of thioether (sulfide) groups is 1. The first kappa shape index (κ1) is 11.5. The zero-order chi connectivity index (χ0) is 11.4. The van der Waals surface area contributed by atoms with Crippen LogP contribution in [-0.4, -0.2) is 23.5 Å². The Morgan fingerprint density at radius 3 is 2.81 bits per heavy atom. The van der Waals surface area contributed by atoms with Crippen LogP contribution in [0, 0.1) is 0 Å². The summed E-state index contributed by atoms with van der Waals surface area (Å²) < 4.78 is 0. The molecule has 0 bridgehead atoms. The molecule has 2 atom stereocenters. The summed E-state index contributed by atoms with van der Waals surface area (Å²) in [5.41, 5.74) is 1.36. The van der Waals surface area contributed by atoms with E-state index in [-0.39, 0.29) is 11.2 Å². The number of amides is 1. The first-order valence-electron chi connectivity index (χ1n) is 5.71. The first-order valence-corrected chi connectivity index (χ1v) is 6.76. The third-order valence-electron chi connectivity index (χ3n) is 2.91. The summed E-state index contributed by atoms with van der Waals surface area (Å²) in [6.45, 7) is 3.06. The smallest absolute Gasteiger partial charge is 0.233 e. The minimum atomic E-state index is 0.172. The van der Waals surface area contributed by atoms with E-state index >= 15 is 0 Å². The van der Waals surface area contributed by atoms with Gasteiger partial charge in [0.15, 0.2) is 0 Å². The monoisotopic (exact) mass is 235 g/mol. The maximum Gasteiger partial charge on any atom is 0.233 e. The predicted octanol–water partition coefficient (Wildman–Crippen LogP) is 2.41. The Morgan fingerprint density at radius 2 is 2.19 bits per heavy atom. The molecule has 2 nitrogen and oxygen atoms in total. The van der Waals surface area contributed by atoms with Gasteiger partial charge in [-0.25, -0.2) is 0 Å². The van der Waals surface area contributed by atoms with Gasteiger partial charge in [-0.05, 0) is 17.9 Å². The highest BCUT2D eigenvalue weighted by Crippen LogP contribution is 2.25. The molecule has 3 heteroatoms. The van der Waals surface area contributed by atoms with Gasteiger partial charge in [0.1, 0.15) is 0 Å². The summed E-state index contributed by atoms with van der Waals surface area (Å²) in [6, 6.07) is 10.5. The van der Waals surface area contributed by atoms with Crippen LogP contribution < -0.4 is 5.32 Å². The van der Waals surface area contributed by atoms with Gasteiger partial charge in [0.2, 0.25) is 5.91 Å².